The fourth-order valence-corrected chi connectivity index (χ4v) is 5.74. The molecule has 126 valence electrons. The first-order valence-electron chi connectivity index (χ1n) is 7.41. The molecule has 0 spiro atoms. The van der Waals surface area contributed by atoms with Crippen molar-refractivity contribution in [2.45, 2.75) is 55.9 Å². The van der Waals surface area contributed by atoms with Crippen LogP contribution < -0.4 is 9.79 Å². The summed E-state index contributed by atoms with van der Waals surface area (Å²) in [5.41, 5.74) is 0. The van der Waals surface area contributed by atoms with E-state index in [4.69, 9.17) is 0 Å². The van der Waals surface area contributed by atoms with Gasteiger partial charge in [-0.25, -0.2) is 8.42 Å². The van der Waals surface area contributed by atoms with Crippen LogP contribution in [0.25, 0.3) is 0 Å². The molecule has 2 aliphatic rings. The van der Waals surface area contributed by atoms with Gasteiger partial charge in [0.05, 0.1) is 23.6 Å². The van der Waals surface area contributed by atoms with Crippen molar-refractivity contribution in [2.24, 2.45) is 0 Å². The minimum Gasteiger partial charge on any atom is -0.548 e. The van der Waals surface area contributed by atoms with Crippen molar-refractivity contribution in [3.05, 3.63) is 12.4 Å². The first kappa shape index (κ1) is 15.9. The number of carboxylic acids is 1. The van der Waals surface area contributed by atoms with E-state index in [1.165, 1.54) is 11.6 Å². The molecule has 9 nitrogen and oxygen atoms in total. The second-order valence-corrected chi connectivity index (χ2v) is 8.75. The Labute approximate surface area is 133 Å². The number of sulfone groups is 1. The molecule has 23 heavy (non-hydrogen) atoms. The van der Waals surface area contributed by atoms with Gasteiger partial charge in [0, 0.05) is 0 Å². The molecule has 2 aliphatic heterocycles. The van der Waals surface area contributed by atoms with Gasteiger partial charge < -0.3 is 14.8 Å². The Bertz CT molecular complexity index is 773. The average Bonchev–Trinajstić information content (AvgIpc) is 2.92. The standard InChI is InChI=1S/C13H18N4O5S/c1-3-4-15-5-6-16(14-15)8-13(2)11(12(19)20)17-9(18)7-10(17)23(13,21)22/h5-6,10-11H,3-4,7-8H2,1-2H3/t10-,11+,13+/m1/s1. The zero-order valence-electron chi connectivity index (χ0n) is 12.9. The molecule has 0 unspecified atom stereocenters. The van der Waals surface area contributed by atoms with E-state index in [0.717, 1.165) is 11.3 Å². The monoisotopic (exact) mass is 342 g/mol. The SMILES string of the molecule is CCCn1cc[n+](C[C@@]2(C)[C@H](C(=O)[O-])N3C(=O)C[C@H]3S2(=O)=O)n1. The highest BCUT2D eigenvalue weighted by molar-refractivity contribution is 7.93. The number of rotatable bonds is 5. The van der Waals surface area contributed by atoms with E-state index in [-0.39, 0.29) is 13.0 Å². The lowest BCUT2D eigenvalue weighted by molar-refractivity contribution is -0.758. The minimum absolute atomic E-state index is 0.148. The van der Waals surface area contributed by atoms with E-state index in [0.29, 0.717) is 6.54 Å². The highest BCUT2D eigenvalue weighted by Crippen LogP contribution is 2.45. The van der Waals surface area contributed by atoms with Crippen LogP contribution in [0.3, 0.4) is 0 Å². The first-order chi connectivity index (χ1) is 10.7. The van der Waals surface area contributed by atoms with E-state index in [9.17, 15) is 23.1 Å². The summed E-state index contributed by atoms with van der Waals surface area (Å²) < 4.78 is 26.9. The summed E-state index contributed by atoms with van der Waals surface area (Å²) in [4.78, 5) is 24.1. The second kappa shape index (κ2) is 5.02. The van der Waals surface area contributed by atoms with E-state index in [1.807, 2.05) is 6.92 Å². The topological polar surface area (TPSA) is 116 Å². The summed E-state index contributed by atoms with van der Waals surface area (Å²) in [6.07, 6.45) is 3.99. The molecule has 0 N–H and O–H groups in total. The van der Waals surface area contributed by atoms with Gasteiger partial charge in [0.15, 0.2) is 22.2 Å². The Balaban J connectivity index is 1.99. The molecule has 0 bridgehead atoms. The van der Waals surface area contributed by atoms with Gasteiger partial charge in [-0.15, -0.1) is 9.36 Å². The van der Waals surface area contributed by atoms with E-state index >= 15 is 0 Å². The summed E-state index contributed by atoms with van der Waals surface area (Å²) in [5.74, 6) is -2.03. The number of carbonyl (C=O) groups excluding carboxylic acids is 2. The molecule has 10 heteroatoms. The maximum atomic E-state index is 12.7. The number of hydrogen-bond acceptors (Lipinski definition) is 6. The van der Waals surface area contributed by atoms with E-state index in [2.05, 4.69) is 5.21 Å². The third-order valence-electron chi connectivity index (χ3n) is 4.60. The molecule has 0 aliphatic carbocycles. The van der Waals surface area contributed by atoms with Crippen LogP contribution in [-0.4, -0.2) is 51.3 Å². The Kier molecular flexibility index (Phi) is 3.47. The summed E-state index contributed by atoms with van der Waals surface area (Å²) in [6.45, 7) is 3.86. The lowest BCUT2D eigenvalue weighted by Crippen LogP contribution is -2.63. The Morgan fingerprint density at radius 3 is 2.83 bits per heavy atom. The van der Waals surface area contributed by atoms with Crippen LogP contribution in [0.15, 0.2) is 12.4 Å². The lowest BCUT2D eigenvalue weighted by atomic mass is 9.96. The van der Waals surface area contributed by atoms with E-state index in [1.54, 1.807) is 17.1 Å². The maximum Gasteiger partial charge on any atom is 0.227 e. The van der Waals surface area contributed by atoms with Gasteiger partial charge in [-0.1, -0.05) is 6.92 Å². The molecular formula is C13H18N4O5S. The Morgan fingerprint density at radius 2 is 2.26 bits per heavy atom. The number of aliphatic carboxylic acids is 1. The smallest absolute Gasteiger partial charge is 0.227 e. The van der Waals surface area contributed by atoms with Crippen LogP contribution in [0, 0.1) is 0 Å². The van der Waals surface area contributed by atoms with Gasteiger partial charge in [-0.3, -0.25) is 4.79 Å². The second-order valence-electron chi connectivity index (χ2n) is 6.19. The number of hydrogen-bond donors (Lipinski definition) is 0. The Morgan fingerprint density at radius 1 is 1.57 bits per heavy atom. The lowest BCUT2D eigenvalue weighted by Gasteiger charge is -2.38. The largest absolute Gasteiger partial charge is 0.548 e. The predicted molar refractivity (Wildman–Crippen MR) is 74.1 cm³/mol. The molecule has 1 amide bonds. The highest BCUT2D eigenvalue weighted by atomic mass is 32.2. The number of fused-ring (bicyclic) bond motifs is 1. The normalized spacial score (nSPS) is 31.7. The number of β-lactam (4-membered cyclic amide) rings is 1. The summed E-state index contributed by atoms with van der Waals surface area (Å²) in [5, 5.41) is 14.7. The molecule has 2 saturated heterocycles. The summed E-state index contributed by atoms with van der Waals surface area (Å²) in [6, 6.07) is -1.50. The van der Waals surface area contributed by atoms with Crippen LogP contribution in [0.5, 0.6) is 0 Å². The Hall–Kier alpha value is -1.97. The number of amides is 1. The van der Waals surface area contributed by atoms with Crippen LogP contribution in [-0.2, 0) is 32.5 Å². The van der Waals surface area contributed by atoms with Crippen molar-refractivity contribution >= 4 is 21.7 Å². The maximum absolute atomic E-state index is 12.7. The molecule has 1 aromatic rings. The van der Waals surface area contributed by atoms with Crippen molar-refractivity contribution in [1.29, 1.82) is 0 Å². The fraction of sp³-hybridized carbons (Fsp3) is 0.692. The number of aryl methyl sites for hydroxylation is 1. The molecule has 3 rings (SSSR count). The number of nitrogens with zero attached hydrogens (tertiary/aromatic N) is 4. The van der Waals surface area contributed by atoms with Gasteiger partial charge in [0.1, 0.15) is 23.2 Å². The number of carboxylic acid groups (broad SMARTS) is 1. The summed E-state index contributed by atoms with van der Waals surface area (Å²) in [7, 11) is -3.84. The number of aromatic nitrogens is 3. The fourth-order valence-electron chi connectivity index (χ4n) is 3.39. The molecular weight excluding hydrogens is 324 g/mol. The van der Waals surface area contributed by atoms with E-state index < -0.39 is 37.9 Å². The zero-order valence-corrected chi connectivity index (χ0v) is 13.7. The zero-order chi connectivity index (χ0) is 17.0. The third-order valence-corrected chi connectivity index (χ3v) is 7.37. The van der Waals surface area contributed by atoms with Gasteiger partial charge in [0.25, 0.3) is 0 Å². The highest BCUT2D eigenvalue weighted by Gasteiger charge is 2.68. The van der Waals surface area contributed by atoms with Gasteiger partial charge in [-0.2, -0.15) is 0 Å². The first-order valence-corrected chi connectivity index (χ1v) is 8.95. The van der Waals surface area contributed by atoms with Gasteiger partial charge >= 0.3 is 0 Å². The van der Waals surface area contributed by atoms with Crippen LogP contribution in [0.4, 0.5) is 0 Å². The predicted octanol–water partition coefficient (Wildman–Crippen LogP) is -2.56. The van der Waals surface area contributed by atoms with Crippen molar-refractivity contribution in [3.8, 4) is 0 Å². The van der Waals surface area contributed by atoms with Crippen molar-refractivity contribution < 1.29 is 27.8 Å². The molecule has 3 heterocycles. The molecule has 0 radical (unpaired) electrons. The molecule has 2 fully saturated rings. The molecule has 1 aromatic heterocycles. The third kappa shape index (κ3) is 2.07. The average molecular weight is 342 g/mol. The summed E-state index contributed by atoms with van der Waals surface area (Å²) >= 11 is 0. The van der Waals surface area contributed by atoms with Gasteiger partial charge in [0.2, 0.25) is 5.91 Å². The van der Waals surface area contributed by atoms with Crippen molar-refractivity contribution in [2.75, 3.05) is 0 Å². The molecule has 0 saturated carbocycles. The van der Waals surface area contributed by atoms with Crippen LogP contribution in [0.2, 0.25) is 0 Å². The number of carbonyl (C=O) groups is 2. The van der Waals surface area contributed by atoms with Gasteiger partial charge in [-0.05, 0) is 13.3 Å². The van der Waals surface area contributed by atoms with Crippen LogP contribution >= 0.6 is 0 Å². The quantitative estimate of drug-likeness (QED) is 0.429. The molecule has 0 aromatic carbocycles. The van der Waals surface area contributed by atoms with Crippen molar-refractivity contribution in [1.82, 2.24) is 14.8 Å². The molecule has 3 atom stereocenters. The van der Waals surface area contributed by atoms with Crippen molar-refractivity contribution in [3.63, 3.8) is 0 Å². The minimum atomic E-state index is -3.84. The van der Waals surface area contributed by atoms with Crippen LogP contribution in [0.1, 0.15) is 26.7 Å².